The lowest BCUT2D eigenvalue weighted by Crippen LogP contribution is -2.59. The molecule has 4 aliphatic rings. The van der Waals surface area contributed by atoms with Gasteiger partial charge in [-0.05, 0) is 102 Å². The molecular weight excluding hydrogens is 784 g/mol. The van der Waals surface area contributed by atoms with Crippen molar-refractivity contribution in [1.82, 2.24) is 25.2 Å². The predicted molar refractivity (Wildman–Crippen MR) is 206 cm³/mol. The summed E-state index contributed by atoms with van der Waals surface area (Å²) in [4.78, 5) is 61.8. The zero-order valence-electron chi connectivity index (χ0n) is 33.5. The third-order valence-corrected chi connectivity index (χ3v) is 14.0. The minimum atomic E-state index is -4.91. The fourth-order valence-corrected chi connectivity index (χ4v) is 8.96. The Morgan fingerprint density at radius 3 is 2.47 bits per heavy atom. The molecule has 2 aliphatic carbocycles. The monoisotopic (exact) mass is 835 g/mol. The number of hydrogen-bond donors (Lipinski definition) is 3. The molecule has 0 radical (unpaired) electrons. The molecule has 1 unspecified atom stereocenters. The first-order chi connectivity index (χ1) is 27.1. The van der Waals surface area contributed by atoms with Crippen molar-refractivity contribution >= 4 is 44.7 Å². The van der Waals surface area contributed by atoms with E-state index in [1.807, 2.05) is 19.9 Å². The number of alkyl carbamates (subject to hydrolysis) is 1. The van der Waals surface area contributed by atoms with Crippen molar-refractivity contribution in [1.29, 1.82) is 0 Å². The van der Waals surface area contributed by atoms with Crippen LogP contribution in [-0.2, 0) is 29.1 Å². The molecule has 3 heterocycles. The topological polar surface area (TPSA) is 182 Å². The van der Waals surface area contributed by atoms with Crippen molar-refractivity contribution in [2.24, 2.45) is 17.8 Å². The summed E-state index contributed by atoms with van der Waals surface area (Å²) in [5, 5.41) is 5.88. The van der Waals surface area contributed by atoms with E-state index in [0.717, 1.165) is 0 Å². The number of amides is 4. The maximum absolute atomic E-state index is 14.7. The summed E-state index contributed by atoms with van der Waals surface area (Å²) in [6.45, 7) is 8.67. The first-order valence-electron chi connectivity index (χ1n) is 19.7. The summed E-state index contributed by atoms with van der Waals surface area (Å²) in [5.74, 6) is -2.70. The molecule has 7 atom stereocenters. The molecule has 14 nitrogen and oxygen atoms in total. The molecule has 0 spiro atoms. The summed E-state index contributed by atoms with van der Waals surface area (Å²) in [7, 11) is -4.07. The van der Waals surface area contributed by atoms with Gasteiger partial charge in [-0.15, -0.1) is 0 Å². The van der Waals surface area contributed by atoms with Gasteiger partial charge in [0.1, 0.15) is 35.2 Å². The highest BCUT2D eigenvalue weighted by Gasteiger charge is 2.63. The normalized spacial score (nSPS) is 29.4. The minimum Gasteiger partial charge on any atom is -0.494 e. The van der Waals surface area contributed by atoms with Crippen LogP contribution in [0.2, 0.25) is 0 Å². The van der Waals surface area contributed by atoms with Crippen LogP contribution < -0.4 is 24.8 Å². The number of hydrogen-bond acceptors (Lipinski definition) is 10. The number of carbonyl (C=O) groups is 4. The number of benzene rings is 1. The lowest BCUT2D eigenvalue weighted by molar-refractivity contribution is -0.244. The Kier molecular flexibility index (Phi) is 11.8. The molecule has 2 saturated carbocycles. The molecular formula is C40H52F3N5O9S. The predicted octanol–water partition coefficient (Wildman–Crippen LogP) is 5.30. The Hall–Kier alpha value is -4.61. The van der Waals surface area contributed by atoms with Crippen LogP contribution in [0.3, 0.4) is 0 Å². The summed E-state index contributed by atoms with van der Waals surface area (Å²) in [5.41, 5.74) is -3.85. The van der Waals surface area contributed by atoms with Gasteiger partial charge in [-0.3, -0.25) is 24.1 Å². The average Bonchev–Trinajstić information content (AvgIpc) is 4.01. The molecule has 6 rings (SSSR count). The first-order valence-corrected chi connectivity index (χ1v) is 21.2. The smallest absolute Gasteiger partial charge is 0.427 e. The van der Waals surface area contributed by atoms with E-state index in [1.54, 1.807) is 37.3 Å². The molecule has 4 amide bonds. The number of rotatable bonds is 9. The SMILES string of the molecule is CCOc1ccc2ncc(OC3C[C@H]4C(=O)N[C@]5(C(=O)NS(=O)(=O)C6(C)CC6)C[C@H]5/C=C\CC[C@@H](C)C[C@@H](C)[C@H](NC(=O)OC(C)(C)C(F)(F)F)C(=O)N4C3)cc2c1. The maximum Gasteiger partial charge on any atom is 0.427 e. The average molecular weight is 836 g/mol. The van der Waals surface area contributed by atoms with E-state index in [4.69, 9.17) is 14.2 Å². The van der Waals surface area contributed by atoms with Gasteiger partial charge in [0.05, 0.1) is 29.6 Å². The highest BCUT2D eigenvalue weighted by atomic mass is 32.2. The van der Waals surface area contributed by atoms with Crippen molar-refractivity contribution in [3.8, 4) is 11.5 Å². The highest BCUT2D eigenvalue weighted by Crippen LogP contribution is 2.47. The Morgan fingerprint density at radius 2 is 1.79 bits per heavy atom. The standard InChI is InChI=1S/C40H52F3N5O9S/c1-7-55-27-12-13-30-25(17-27)18-28(21-44-30)56-29-19-31-33(49)46-39(35(51)47-58(53,54)38(6)14-15-38)20-26(39)11-9-8-10-23(2)16-24(3)32(34(50)48(31)22-29)45-36(52)57-37(4,5)40(41,42)43/h9,11-13,17-18,21,23-24,26,29,31-32H,7-8,10,14-16,19-20,22H2,1-6H3,(H,45,52)(H,46,49)(H,47,51)/b11-9-/t23-,24-,26-,29?,31+,32+,39-/m1/s1. The van der Waals surface area contributed by atoms with Crippen LogP contribution >= 0.6 is 0 Å². The number of fused-ring (bicyclic) bond motifs is 3. The summed E-state index contributed by atoms with van der Waals surface area (Å²) in [6, 6.07) is 4.37. The summed E-state index contributed by atoms with van der Waals surface area (Å²) < 4.78 is 85.4. The molecule has 58 heavy (non-hydrogen) atoms. The van der Waals surface area contributed by atoms with E-state index in [2.05, 4.69) is 20.3 Å². The lowest BCUT2D eigenvalue weighted by atomic mass is 9.88. The van der Waals surface area contributed by atoms with E-state index >= 15 is 0 Å². The molecule has 2 aliphatic heterocycles. The second-order valence-electron chi connectivity index (χ2n) is 16.9. The van der Waals surface area contributed by atoms with Gasteiger partial charge in [0.15, 0.2) is 0 Å². The Balaban J connectivity index is 1.33. The number of carbonyl (C=O) groups excluding carboxylic acids is 4. The number of allylic oxidation sites excluding steroid dienone is 1. The first kappa shape index (κ1) is 43.0. The Bertz CT molecular complexity index is 2070. The molecule has 1 aromatic heterocycles. The minimum absolute atomic E-state index is 0.0324. The van der Waals surface area contributed by atoms with Gasteiger partial charge in [-0.2, -0.15) is 13.2 Å². The quantitative estimate of drug-likeness (QED) is 0.281. The van der Waals surface area contributed by atoms with Gasteiger partial charge in [0.25, 0.3) is 5.91 Å². The number of ether oxygens (including phenoxy) is 3. The number of nitrogens with zero attached hydrogens (tertiary/aromatic N) is 2. The number of alkyl halides is 3. The second kappa shape index (κ2) is 15.9. The van der Waals surface area contributed by atoms with Gasteiger partial charge >= 0.3 is 12.3 Å². The van der Waals surface area contributed by atoms with E-state index in [9.17, 15) is 40.8 Å². The molecule has 2 aromatic rings. The Labute approximate surface area is 336 Å². The molecule has 3 fully saturated rings. The van der Waals surface area contributed by atoms with Crippen LogP contribution in [0.4, 0.5) is 18.0 Å². The fourth-order valence-electron chi connectivity index (χ4n) is 7.65. The molecule has 18 heteroatoms. The molecule has 3 N–H and O–H groups in total. The van der Waals surface area contributed by atoms with Gasteiger partial charge < -0.3 is 29.7 Å². The molecule has 0 bridgehead atoms. The summed E-state index contributed by atoms with van der Waals surface area (Å²) in [6.07, 6.45) is 0.259. The zero-order chi connectivity index (χ0) is 42.4. The van der Waals surface area contributed by atoms with Gasteiger partial charge in [0, 0.05) is 17.7 Å². The second-order valence-corrected chi connectivity index (χ2v) is 19.1. The van der Waals surface area contributed by atoms with E-state index in [1.165, 1.54) is 18.0 Å². The Morgan fingerprint density at radius 1 is 1.09 bits per heavy atom. The van der Waals surface area contributed by atoms with Crippen molar-refractivity contribution in [2.45, 2.75) is 127 Å². The molecule has 1 aromatic carbocycles. The van der Waals surface area contributed by atoms with Crippen molar-refractivity contribution < 1.29 is 55.0 Å². The third-order valence-electron chi connectivity index (χ3n) is 11.8. The van der Waals surface area contributed by atoms with E-state index in [0.29, 0.717) is 75.0 Å². The highest BCUT2D eigenvalue weighted by molar-refractivity contribution is 7.91. The van der Waals surface area contributed by atoms with Crippen molar-refractivity contribution in [3.05, 3.63) is 42.6 Å². The molecule has 318 valence electrons. The maximum atomic E-state index is 14.7. The van der Waals surface area contributed by atoms with Crippen LogP contribution in [0.5, 0.6) is 11.5 Å². The van der Waals surface area contributed by atoms with Gasteiger partial charge in [-0.25, -0.2) is 13.2 Å². The van der Waals surface area contributed by atoms with E-state index < -0.39 is 85.9 Å². The zero-order valence-corrected chi connectivity index (χ0v) is 34.3. The van der Waals surface area contributed by atoms with Crippen LogP contribution in [0.25, 0.3) is 10.9 Å². The number of pyridine rings is 1. The van der Waals surface area contributed by atoms with Crippen LogP contribution in [0.1, 0.15) is 86.5 Å². The van der Waals surface area contributed by atoms with Gasteiger partial charge in [0.2, 0.25) is 27.4 Å². The number of halogens is 3. The van der Waals surface area contributed by atoms with E-state index in [-0.39, 0.29) is 25.3 Å². The van der Waals surface area contributed by atoms with Crippen molar-refractivity contribution in [2.75, 3.05) is 13.2 Å². The number of nitrogens with one attached hydrogen (secondary N) is 3. The lowest BCUT2D eigenvalue weighted by Gasteiger charge is -2.34. The third kappa shape index (κ3) is 9.00. The number of sulfonamides is 1. The van der Waals surface area contributed by atoms with Crippen molar-refractivity contribution in [3.63, 3.8) is 0 Å². The van der Waals surface area contributed by atoms with Gasteiger partial charge in [-0.1, -0.05) is 26.0 Å². The largest absolute Gasteiger partial charge is 0.494 e. The fraction of sp³-hybridized carbons (Fsp3) is 0.625. The number of aromatic nitrogens is 1. The van der Waals surface area contributed by atoms with Crippen LogP contribution in [0.15, 0.2) is 42.6 Å². The molecule has 1 saturated heterocycles. The van der Waals surface area contributed by atoms with Crippen LogP contribution in [-0.4, -0.2) is 95.5 Å². The van der Waals surface area contributed by atoms with Crippen LogP contribution in [0, 0.1) is 17.8 Å². The summed E-state index contributed by atoms with van der Waals surface area (Å²) >= 11 is 0.